The monoisotopic (exact) mass is 303 g/mol. The molecule has 0 N–H and O–H groups in total. The number of alkyl halides is 3. The average molecular weight is 303 g/mol. The van der Waals surface area contributed by atoms with E-state index in [1.54, 1.807) is 6.92 Å². The molecule has 1 aromatic rings. The number of hydrogen-bond acceptors (Lipinski definition) is 4. The van der Waals surface area contributed by atoms with Gasteiger partial charge in [-0.25, -0.2) is 4.79 Å². The molecule has 0 bridgehead atoms. The molecule has 0 saturated carbocycles. The van der Waals surface area contributed by atoms with E-state index < -0.39 is 11.5 Å². The van der Waals surface area contributed by atoms with Gasteiger partial charge in [-0.2, -0.15) is 18.4 Å². The fourth-order valence-corrected chi connectivity index (χ4v) is 2.15. The normalized spacial score (nSPS) is 10.9. The van der Waals surface area contributed by atoms with Gasteiger partial charge in [0.25, 0.3) is 0 Å². The highest BCUT2D eigenvalue weighted by molar-refractivity contribution is 8.00. The average Bonchev–Trinajstić information content (AvgIpc) is 2.36. The van der Waals surface area contributed by atoms with Crippen LogP contribution in [0.2, 0.25) is 0 Å². The van der Waals surface area contributed by atoms with Crippen molar-refractivity contribution in [2.24, 2.45) is 0 Å². The number of esters is 1. The molecule has 7 heteroatoms. The molecule has 1 rings (SSSR count). The number of ether oxygens (including phenoxy) is 1. The van der Waals surface area contributed by atoms with E-state index in [4.69, 9.17) is 10.00 Å². The van der Waals surface area contributed by atoms with Crippen molar-refractivity contribution in [3.8, 4) is 6.07 Å². The van der Waals surface area contributed by atoms with E-state index in [-0.39, 0.29) is 35.2 Å². The lowest BCUT2D eigenvalue weighted by atomic mass is 10.1. The van der Waals surface area contributed by atoms with Gasteiger partial charge >= 0.3 is 11.5 Å². The molecule has 0 unspecified atom stereocenters. The molecule has 0 amide bonds. The van der Waals surface area contributed by atoms with Crippen LogP contribution in [-0.2, 0) is 11.2 Å². The van der Waals surface area contributed by atoms with E-state index in [0.29, 0.717) is 12.0 Å². The summed E-state index contributed by atoms with van der Waals surface area (Å²) in [5.41, 5.74) is -3.97. The van der Waals surface area contributed by atoms with E-state index in [0.717, 1.165) is 0 Å². The Labute approximate surface area is 118 Å². The number of carbonyl (C=O) groups is 1. The summed E-state index contributed by atoms with van der Waals surface area (Å²) in [7, 11) is 0. The van der Waals surface area contributed by atoms with Crippen molar-refractivity contribution in [2.45, 2.75) is 30.2 Å². The number of aryl methyl sites for hydroxylation is 1. The largest absolute Gasteiger partial charge is 0.462 e. The number of hydrogen-bond donors (Lipinski definition) is 0. The molecule has 0 atom stereocenters. The van der Waals surface area contributed by atoms with Gasteiger partial charge in [0.15, 0.2) is 0 Å². The maximum absolute atomic E-state index is 12.4. The first-order chi connectivity index (χ1) is 9.37. The highest BCUT2D eigenvalue weighted by Gasteiger charge is 2.31. The summed E-state index contributed by atoms with van der Waals surface area (Å²) in [5, 5.41) is 8.50. The molecule has 0 heterocycles. The first kappa shape index (κ1) is 16.4. The van der Waals surface area contributed by atoms with Crippen LogP contribution in [0.25, 0.3) is 0 Å². The fraction of sp³-hybridized carbons (Fsp3) is 0.385. The Bertz CT molecular complexity index is 523. The third-order valence-corrected chi connectivity index (χ3v) is 3.10. The number of halogens is 3. The van der Waals surface area contributed by atoms with Crippen LogP contribution in [0, 0.1) is 11.3 Å². The van der Waals surface area contributed by atoms with Crippen LogP contribution in [0.5, 0.6) is 0 Å². The van der Waals surface area contributed by atoms with Crippen LogP contribution in [-0.4, -0.2) is 18.1 Å². The van der Waals surface area contributed by atoms with Gasteiger partial charge in [0.2, 0.25) is 0 Å². The van der Waals surface area contributed by atoms with Crippen molar-refractivity contribution < 1.29 is 22.7 Å². The second-order valence-electron chi connectivity index (χ2n) is 3.76. The number of benzene rings is 1. The van der Waals surface area contributed by atoms with E-state index >= 15 is 0 Å². The van der Waals surface area contributed by atoms with Gasteiger partial charge in [-0.05, 0) is 42.8 Å². The van der Waals surface area contributed by atoms with Gasteiger partial charge in [0, 0.05) is 11.3 Å². The molecule has 0 fully saturated rings. The second-order valence-corrected chi connectivity index (χ2v) is 4.86. The van der Waals surface area contributed by atoms with Crippen LogP contribution in [0.4, 0.5) is 13.2 Å². The molecule has 20 heavy (non-hydrogen) atoms. The number of rotatable bonds is 5. The van der Waals surface area contributed by atoms with Gasteiger partial charge in [0.1, 0.15) is 0 Å². The van der Waals surface area contributed by atoms with Gasteiger partial charge in [-0.3, -0.25) is 0 Å². The SMILES string of the molecule is CCOC(=O)c1cc(CCC#N)ccc1SC(F)(F)F. The third-order valence-electron chi connectivity index (χ3n) is 2.29. The summed E-state index contributed by atoms with van der Waals surface area (Å²) in [6.07, 6.45) is 0.605. The van der Waals surface area contributed by atoms with Crippen molar-refractivity contribution in [3.05, 3.63) is 29.3 Å². The van der Waals surface area contributed by atoms with E-state index in [1.165, 1.54) is 18.2 Å². The van der Waals surface area contributed by atoms with Crippen LogP contribution in [0.3, 0.4) is 0 Å². The fourth-order valence-electron chi connectivity index (χ4n) is 1.51. The minimum Gasteiger partial charge on any atom is -0.462 e. The molecular formula is C13H12F3NO2S. The predicted molar refractivity (Wildman–Crippen MR) is 68.2 cm³/mol. The maximum atomic E-state index is 12.4. The van der Waals surface area contributed by atoms with E-state index in [9.17, 15) is 18.0 Å². The second kappa shape index (κ2) is 7.20. The minimum atomic E-state index is -4.48. The molecule has 1 aromatic carbocycles. The highest BCUT2D eigenvalue weighted by atomic mass is 32.2. The Morgan fingerprint density at radius 3 is 2.70 bits per heavy atom. The lowest BCUT2D eigenvalue weighted by Crippen LogP contribution is -2.09. The van der Waals surface area contributed by atoms with E-state index in [1.807, 2.05) is 6.07 Å². The molecule has 3 nitrogen and oxygen atoms in total. The van der Waals surface area contributed by atoms with Crippen molar-refractivity contribution >= 4 is 17.7 Å². The third kappa shape index (κ3) is 5.13. The van der Waals surface area contributed by atoms with Gasteiger partial charge in [-0.1, -0.05) is 6.07 Å². The zero-order valence-electron chi connectivity index (χ0n) is 10.7. The van der Waals surface area contributed by atoms with Crippen molar-refractivity contribution in [1.29, 1.82) is 5.26 Å². The Balaban J connectivity index is 3.10. The molecule has 0 aliphatic carbocycles. The lowest BCUT2D eigenvalue weighted by Gasteiger charge is -2.12. The topological polar surface area (TPSA) is 50.1 Å². The van der Waals surface area contributed by atoms with Crippen LogP contribution < -0.4 is 0 Å². The zero-order valence-corrected chi connectivity index (χ0v) is 11.5. The van der Waals surface area contributed by atoms with Crippen LogP contribution in [0.15, 0.2) is 23.1 Å². The molecular weight excluding hydrogens is 291 g/mol. The number of thioether (sulfide) groups is 1. The summed E-state index contributed by atoms with van der Waals surface area (Å²) in [6, 6.07) is 6.01. The molecule has 108 valence electrons. The molecule has 0 saturated heterocycles. The van der Waals surface area contributed by atoms with Gasteiger partial charge in [-0.15, -0.1) is 0 Å². The first-order valence-corrected chi connectivity index (χ1v) is 6.61. The van der Waals surface area contributed by atoms with Crippen LogP contribution >= 0.6 is 11.8 Å². The summed E-state index contributed by atoms with van der Waals surface area (Å²) in [6.45, 7) is 1.66. The minimum absolute atomic E-state index is 0.0807. The molecule has 0 aliphatic heterocycles. The highest BCUT2D eigenvalue weighted by Crippen LogP contribution is 2.39. The first-order valence-electron chi connectivity index (χ1n) is 5.80. The summed E-state index contributed by atoms with van der Waals surface area (Å²) in [4.78, 5) is 11.5. The summed E-state index contributed by atoms with van der Waals surface area (Å²) >= 11 is -0.352. The Morgan fingerprint density at radius 1 is 1.45 bits per heavy atom. The lowest BCUT2D eigenvalue weighted by molar-refractivity contribution is -0.0328. The number of nitriles is 1. The van der Waals surface area contributed by atoms with Crippen molar-refractivity contribution in [3.63, 3.8) is 0 Å². The number of nitrogens with zero attached hydrogens (tertiary/aromatic N) is 1. The smallest absolute Gasteiger partial charge is 0.446 e. The van der Waals surface area contributed by atoms with E-state index in [2.05, 4.69) is 0 Å². The zero-order chi connectivity index (χ0) is 15.2. The standard InChI is InChI=1S/C13H12F3NO2S/c1-2-19-12(18)10-8-9(4-3-7-17)5-6-11(10)20-13(14,15)16/h5-6,8H,2-4H2,1H3. The maximum Gasteiger partial charge on any atom is 0.446 e. The molecule has 0 spiro atoms. The predicted octanol–water partition coefficient (Wildman–Crippen LogP) is 3.93. The summed E-state index contributed by atoms with van der Waals surface area (Å²) < 4.78 is 42.1. The van der Waals surface area contributed by atoms with Crippen LogP contribution in [0.1, 0.15) is 29.3 Å². The van der Waals surface area contributed by atoms with Crippen molar-refractivity contribution in [2.75, 3.05) is 6.61 Å². The van der Waals surface area contributed by atoms with Gasteiger partial charge < -0.3 is 4.74 Å². The Kier molecular flexibility index (Phi) is 5.89. The van der Waals surface area contributed by atoms with Crippen molar-refractivity contribution in [1.82, 2.24) is 0 Å². The molecule has 0 radical (unpaired) electrons. The Hall–Kier alpha value is -1.68. The quantitative estimate of drug-likeness (QED) is 0.611. The molecule has 0 aliphatic rings. The van der Waals surface area contributed by atoms with Gasteiger partial charge in [0.05, 0.1) is 18.2 Å². The summed E-state index contributed by atoms with van der Waals surface area (Å²) in [5.74, 6) is -0.793. The number of carbonyl (C=O) groups excluding carboxylic acids is 1. The Morgan fingerprint density at radius 2 is 2.15 bits per heavy atom. The molecule has 0 aromatic heterocycles.